The number of pyridine rings is 1. The molecule has 6 rings (SSSR count). The van der Waals surface area contributed by atoms with Crippen LogP contribution in [0, 0.1) is 0 Å². The van der Waals surface area contributed by atoms with E-state index in [0.717, 1.165) is 31.9 Å². The van der Waals surface area contributed by atoms with Gasteiger partial charge in [-0.1, -0.05) is 6.07 Å². The lowest BCUT2D eigenvalue weighted by Crippen LogP contribution is -2.47. The van der Waals surface area contributed by atoms with Gasteiger partial charge in [-0.2, -0.15) is 9.50 Å². The van der Waals surface area contributed by atoms with Crippen LogP contribution in [0.2, 0.25) is 0 Å². The van der Waals surface area contributed by atoms with Crippen LogP contribution in [0.3, 0.4) is 0 Å². The van der Waals surface area contributed by atoms with Crippen molar-refractivity contribution in [2.45, 2.75) is 6.54 Å². The van der Waals surface area contributed by atoms with Gasteiger partial charge >= 0.3 is 5.97 Å². The Balaban J connectivity index is 1.17. The highest BCUT2D eigenvalue weighted by Gasteiger charge is 2.23. The smallest absolute Gasteiger partial charge is 0.341 e. The number of anilines is 2. The lowest BCUT2D eigenvalue weighted by atomic mass is 10.2. The molecule has 0 aliphatic carbocycles. The normalized spacial score (nSPS) is 14.1. The summed E-state index contributed by atoms with van der Waals surface area (Å²) in [7, 11) is 0. The highest BCUT2D eigenvalue weighted by atomic mass is 16.5. The van der Waals surface area contributed by atoms with Gasteiger partial charge < -0.3 is 30.8 Å². The second kappa shape index (κ2) is 10.7. The van der Waals surface area contributed by atoms with E-state index in [-0.39, 0.29) is 12.6 Å². The maximum absolute atomic E-state index is 12.4. The number of amides is 1. The molecular formula is C27H28N10O4. The van der Waals surface area contributed by atoms with Crippen LogP contribution in [0.4, 0.5) is 11.6 Å². The molecule has 1 aliphatic rings. The van der Waals surface area contributed by atoms with Crippen molar-refractivity contribution in [3.8, 4) is 17.3 Å². The van der Waals surface area contributed by atoms with Gasteiger partial charge in [0.2, 0.25) is 11.8 Å². The van der Waals surface area contributed by atoms with Crippen molar-refractivity contribution < 1.29 is 19.4 Å². The molecule has 4 aromatic heterocycles. The molecule has 0 bridgehead atoms. The van der Waals surface area contributed by atoms with Crippen LogP contribution in [0.25, 0.3) is 28.2 Å². The van der Waals surface area contributed by atoms with E-state index in [9.17, 15) is 9.59 Å². The number of aliphatic carboxylic acids is 1. The number of hydrogen-bond acceptors (Lipinski definition) is 10. The fourth-order valence-electron chi connectivity index (χ4n) is 5.03. The Morgan fingerprint density at radius 2 is 1.76 bits per heavy atom. The van der Waals surface area contributed by atoms with E-state index in [1.807, 2.05) is 24.3 Å². The Morgan fingerprint density at radius 1 is 0.976 bits per heavy atom. The predicted octanol–water partition coefficient (Wildman–Crippen LogP) is 1.11. The number of nitrogens with zero attached hydrogens (tertiary/aromatic N) is 8. The third-order valence-electron chi connectivity index (χ3n) is 7.08. The van der Waals surface area contributed by atoms with Gasteiger partial charge in [-0.05, 0) is 42.5 Å². The molecular weight excluding hydrogens is 528 g/mol. The average Bonchev–Trinajstić information content (AvgIpc) is 3.59. The zero-order valence-electron chi connectivity index (χ0n) is 22.1. The molecule has 5 N–H and O–H groups in total. The second-order valence-electron chi connectivity index (χ2n) is 9.64. The molecule has 0 unspecified atom stereocenters. The molecule has 41 heavy (non-hydrogen) atoms. The molecule has 14 heteroatoms. The van der Waals surface area contributed by atoms with Crippen molar-refractivity contribution in [1.82, 2.24) is 34.0 Å². The van der Waals surface area contributed by atoms with E-state index in [1.165, 1.54) is 4.52 Å². The summed E-state index contributed by atoms with van der Waals surface area (Å²) in [6.45, 7) is 4.06. The number of piperazine rings is 1. The number of aromatic nitrogens is 6. The summed E-state index contributed by atoms with van der Waals surface area (Å²) in [4.78, 5) is 41.2. The number of carboxylic acids is 1. The van der Waals surface area contributed by atoms with Crippen molar-refractivity contribution in [1.29, 1.82) is 0 Å². The molecule has 1 fully saturated rings. The van der Waals surface area contributed by atoms with Crippen molar-refractivity contribution >= 4 is 40.2 Å². The quantitative estimate of drug-likeness (QED) is 0.236. The number of hydrogen-bond donors (Lipinski definition) is 3. The van der Waals surface area contributed by atoms with Gasteiger partial charge in [-0.25, -0.2) is 9.78 Å². The zero-order valence-corrected chi connectivity index (χ0v) is 22.1. The number of benzene rings is 1. The van der Waals surface area contributed by atoms with Crippen LogP contribution >= 0.6 is 0 Å². The molecule has 1 aliphatic heterocycles. The summed E-state index contributed by atoms with van der Waals surface area (Å²) in [5.41, 5.74) is 15.0. The Bertz CT molecular complexity index is 1720. The summed E-state index contributed by atoms with van der Waals surface area (Å²) in [5, 5.41) is 13.9. The maximum Gasteiger partial charge on any atom is 0.341 e. The van der Waals surface area contributed by atoms with Gasteiger partial charge in [-0.3, -0.25) is 14.7 Å². The van der Waals surface area contributed by atoms with Crippen LogP contribution in [0.15, 0.2) is 54.7 Å². The van der Waals surface area contributed by atoms with Crippen molar-refractivity contribution in [2.24, 2.45) is 5.73 Å². The molecule has 0 radical (unpaired) electrons. The topological polar surface area (TPSA) is 183 Å². The Morgan fingerprint density at radius 3 is 2.44 bits per heavy atom. The summed E-state index contributed by atoms with van der Waals surface area (Å²) < 4.78 is 8.46. The SMILES string of the molecule is NC(=O)c1cc2c(nc(N)n3nc(-c4ccccn4)nc23)n1CCN1CCN(c2ccc(OCC(=O)O)cc2)CC1. The number of nitrogen functional groups attached to an aromatic ring is 1. The van der Waals surface area contributed by atoms with Gasteiger partial charge in [0.1, 0.15) is 22.8 Å². The molecule has 5 heterocycles. The van der Waals surface area contributed by atoms with Gasteiger partial charge in [0, 0.05) is 51.2 Å². The molecule has 14 nitrogen and oxygen atoms in total. The first kappa shape index (κ1) is 26.0. The van der Waals surface area contributed by atoms with Crippen LogP contribution in [-0.4, -0.2) is 90.3 Å². The highest BCUT2D eigenvalue weighted by Crippen LogP contribution is 2.26. The largest absolute Gasteiger partial charge is 0.482 e. The van der Waals surface area contributed by atoms with Crippen molar-refractivity contribution in [3.05, 3.63) is 60.4 Å². The first-order chi connectivity index (χ1) is 19.9. The molecule has 0 atom stereocenters. The number of fused-ring (bicyclic) bond motifs is 3. The molecule has 210 valence electrons. The standard InChI is InChI=1S/C27H28N10O4/c28-23(40)21-15-19-25(32-27(29)37-26(19)31-24(33-37)20-3-1-2-8-30-20)36(21)14-11-34-9-12-35(13-10-34)17-4-6-18(7-5-17)41-16-22(38)39/h1-8,15H,9-14,16H2,(H2,28,40)(H2,29,32)(H,38,39). The van der Waals surface area contributed by atoms with Crippen LogP contribution < -0.4 is 21.1 Å². The Hall–Kier alpha value is -5.24. The van der Waals surface area contributed by atoms with E-state index in [1.54, 1.807) is 35.0 Å². The van der Waals surface area contributed by atoms with Gasteiger partial charge in [0.05, 0.1) is 5.39 Å². The van der Waals surface area contributed by atoms with Gasteiger partial charge in [0.15, 0.2) is 12.3 Å². The minimum Gasteiger partial charge on any atom is -0.482 e. The van der Waals surface area contributed by atoms with E-state index in [0.29, 0.717) is 52.7 Å². The predicted molar refractivity (Wildman–Crippen MR) is 151 cm³/mol. The van der Waals surface area contributed by atoms with Crippen LogP contribution in [0.1, 0.15) is 10.5 Å². The van der Waals surface area contributed by atoms with Crippen LogP contribution in [-0.2, 0) is 11.3 Å². The number of nitrogens with two attached hydrogens (primary N) is 2. The summed E-state index contributed by atoms with van der Waals surface area (Å²) in [6, 6.07) is 14.6. The third kappa shape index (κ3) is 5.19. The van der Waals surface area contributed by atoms with Crippen molar-refractivity contribution in [3.63, 3.8) is 0 Å². The zero-order chi connectivity index (χ0) is 28.5. The Kier molecular flexibility index (Phi) is 6.81. The van der Waals surface area contributed by atoms with Crippen LogP contribution in [0.5, 0.6) is 5.75 Å². The lowest BCUT2D eigenvalue weighted by Gasteiger charge is -2.36. The summed E-state index contributed by atoms with van der Waals surface area (Å²) in [5.74, 6) is -0.512. The highest BCUT2D eigenvalue weighted by molar-refractivity contribution is 6.01. The fraction of sp³-hybridized carbons (Fsp3) is 0.259. The number of rotatable bonds is 9. The summed E-state index contributed by atoms with van der Waals surface area (Å²) >= 11 is 0. The summed E-state index contributed by atoms with van der Waals surface area (Å²) in [6.07, 6.45) is 1.66. The van der Waals surface area contributed by atoms with E-state index in [2.05, 4.69) is 29.9 Å². The number of carbonyl (C=O) groups is 2. The van der Waals surface area contributed by atoms with Crippen molar-refractivity contribution in [2.75, 3.05) is 50.0 Å². The van der Waals surface area contributed by atoms with Gasteiger partial charge in [0.25, 0.3) is 5.91 Å². The molecule has 5 aromatic rings. The number of carboxylic acid groups (broad SMARTS) is 1. The molecule has 1 saturated heterocycles. The fourth-order valence-corrected chi connectivity index (χ4v) is 5.03. The minimum absolute atomic E-state index is 0.144. The molecule has 0 saturated carbocycles. The second-order valence-corrected chi connectivity index (χ2v) is 9.64. The molecule has 0 spiro atoms. The lowest BCUT2D eigenvalue weighted by molar-refractivity contribution is -0.139. The minimum atomic E-state index is -1.01. The van der Waals surface area contributed by atoms with E-state index >= 15 is 0 Å². The first-order valence-corrected chi connectivity index (χ1v) is 13.1. The number of ether oxygens (including phenoxy) is 1. The van der Waals surface area contributed by atoms with Gasteiger partial charge in [-0.15, -0.1) is 5.10 Å². The number of primary amides is 1. The molecule has 1 aromatic carbocycles. The third-order valence-corrected chi connectivity index (χ3v) is 7.08. The monoisotopic (exact) mass is 556 g/mol. The Labute approximate surface area is 233 Å². The average molecular weight is 557 g/mol. The first-order valence-electron chi connectivity index (χ1n) is 13.1. The number of carbonyl (C=O) groups excluding carboxylic acids is 1. The van der Waals surface area contributed by atoms with E-state index in [4.69, 9.17) is 21.3 Å². The van der Waals surface area contributed by atoms with E-state index < -0.39 is 11.9 Å². The maximum atomic E-state index is 12.4. The molecule has 1 amide bonds.